The van der Waals surface area contributed by atoms with Gasteiger partial charge in [-0.2, -0.15) is 0 Å². The highest BCUT2D eigenvalue weighted by molar-refractivity contribution is 5.78. The summed E-state index contributed by atoms with van der Waals surface area (Å²) in [6.07, 6.45) is 5.85. The third kappa shape index (κ3) is 2.87. The van der Waals surface area contributed by atoms with E-state index in [0.717, 1.165) is 0 Å². The van der Waals surface area contributed by atoms with Crippen LogP contribution in [-0.4, -0.2) is 6.29 Å². The van der Waals surface area contributed by atoms with Crippen LogP contribution in [0, 0.1) is 0 Å². The molecular formula is C8H11NO. The van der Waals surface area contributed by atoms with E-state index in [9.17, 15) is 4.79 Å². The van der Waals surface area contributed by atoms with Crippen molar-refractivity contribution in [2.24, 2.45) is 5.73 Å². The molecule has 0 radical (unpaired) electrons. The summed E-state index contributed by atoms with van der Waals surface area (Å²) in [5.74, 6) is 0. The minimum Gasteiger partial charge on any atom is -0.398 e. The molecule has 0 aromatic heterocycles. The van der Waals surface area contributed by atoms with Crippen LogP contribution in [0.2, 0.25) is 0 Å². The van der Waals surface area contributed by atoms with E-state index in [1.807, 2.05) is 13.0 Å². The minimum atomic E-state index is 0.318. The summed E-state index contributed by atoms with van der Waals surface area (Å²) in [7, 11) is 0. The highest BCUT2D eigenvalue weighted by Gasteiger charge is 1.90. The summed E-state index contributed by atoms with van der Waals surface area (Å²) in [6, 6.07) is 0. The number of hydrogen-bond acceptors (Lipinski definition) is 2. The summed E-state index contributed by atoms with van der Waals surface area (Å²) in [5, 5.41) is 0. The maximum Gasteiger partial charge on any atom is 0.151 e. The van der Waals surface area contributed by atoms with Gasteiger partial charge in [0.05, 0.1) is 0 Å². The summed E-state index contributed by atoms with van der Waals surface area (Å²) in [5.41, 5.74) is 6.12. The molecule has 0 saturated carbocycles. The highest BCUT2D eigenvalue weighted by atomic mass is 16.1. The smallest absolute Gasteiger partial charge is 0.151 e. The molecule has 0 aromatic carbocycles. The summed E-state index contributed by atoms with van der Waals surface area (Å²) in [4.78, 5) is 10.1. The van der Waals surface area contributed by atoms with Crippen molar-refractivity contribution in [2.75, 3.05) is 0 Å². The van der Waals surface area contributed by atoms with E-state index >= 15 is 0 Å². The van der Waals surface area contributed by atoms with Gasteiger partial charge in [0.25, 0.3) is 0 Å². The fourth-order valence-electron chi connectivity index (χ4n) is 0.375. The van der Waals surface area contributed by atoms with Crippen molar-refractivity contribution in [3.8, 4) is 0 Å². The number of aldehydes is 1. The maximum atomic E-state index is 10.1. The summed E-state index contributed by atoms with van der Waals surface area (Å²) < 4.78 is 0. The third-order valence-electron chi connectivity index (χ3n) is 0.981. The lowest BCUT2D eigenvalue weighted by Gasteiger charge is -1.92. The van der Waals surface area contributed by atoms with Gasteiger partial charge >= 0.3 is 0 Å². The van der Waals surface area contributed by atoms with Crippen LogP contribution < -0.4 is 5.73 Å². The standard InChI is InChI=1S/C8H11NO/c1-3-4-5-8(9)7(2)6-10/h3-6H,2,9H2,1H3/b4-3-,8-5+. The van der Waals surface area contributed by atoms with Crippen LogP contribution in [0.4, 0.5) is 0 Å². The molecule has 54 valence electrons. The second kappa shape index (κ2) is 4.56. The first-order valence-electron chi connectivity index (χ1n) is 2.95. The Kier molecular flexibility index (Phi) is 3.96. The zero-order chi connectivity index (χ0) is 7.98. The van der Waals surface area contributed by atoms with Gasteiger partial charge in [-0.05, 0) is 13.0 Å². The molecular weight excluding hydrogens is 126 g/mol. The molecule has 0 rings (SSSR count). The molecule has 0 amide bonds. The average Bonchev–Trinajstić information content (AvgIpc) is 1.98. The van der Waals surface area contributed by atoms with E-state index in [1.165, 1.54) is 0 Å². The fourth-order valence-corrected chi connectivity index (χ4v) is 0.375. The third-order valence-corrected chi connectivity index (χ3v) is 0.981. The van der Waals surface area contributed by atoms with E-state index in [0.29, 0.717) is 17.6 Å². The normalized spacial score (nSPS) is 11.9. The Labute approximate surface area is 60.7 Å². The lowest BCUT2D eigenvalue weighted by atomic mass is 10.2. The summed E-state index contributed by atoms with van der Waals surface area (Å²) in [6.45, 7) is 5.30. The number of rotatable bonds is 3. The van der Waals surface area contributed by atoms with E-state index in [-0.39, 0.29) is 0 Å². The van der Waals surface area contributed by atoms with Crippen molar-refractivity contribution in [2.45, 2.75) is 6.92 Å². The quantitative estimate of drug-likeness (QED) is 0.360. The number of carbonyl (C=O) groups is 1. The van der Waals surface area contributed by atoms with Gasteiger partial charge in [0, 0.05) is 11.3 Å². The lowest BCUT2D eigenvalue weighted by molar-refractivity contribution is -0.104. The molecule has 2 N–H and O–H groups in total. The predicted octanol–water partition coefficient (Wildman–Crippen LogP) is 1.16. The Morgan fingerprint density at radius 1 is 1.60 bits per heavy atom. The molecule has 10 heavy (non-hydrogen) atoms. The van der Waals surface area contributed by atoms with Gasteiger partial charge in [0.2, 0.25) is 0 Å². The van der Waals surface area contributed by atoms with Crippen LogP contribution >= 0.6 is 0 Å². The monoisotopic (exact) mass is 137 g/mol. The molecule has 0 heterocycles. The molecule has 2 heteroatoms. The van der Waals surface area contributed by atoms with Gasteiger partial charge in [-0.1, -0.05) is 18.7 Å². The first-order chi connectivity index (χ1) is 4.72. The molecule has 2 nitrogen and oxygen atoms in total. The van der Waals surface area contributed by atoms with Crippen LogP contribution in [0.5, 0.6) is 0 Å². The van der Waals surface area contributed by atoms with Gasteiger partial charge in [0.1, 0.15) is 0 Å². The Hall–Kier alpha value is -1.31. The first-order valence-corrected chi connectivity index (χ1v) is 2.95. The Morgan fingerprint density at radius 3 is 2.60 bits per heavy atom. The van der Waals surface area contributed by atoms with Gasteiger partial charge in [-0.15, -0.1) is 0 Å². The van der Waals surface area contributed by atoms with Gasteiger partial charge < -0.3 is 5.73 Å². The van der Waals surface area contributed by atoms with Crippen LogP contribution in [0.15, 0.2) is 36.1 Å². The molecule has 0 unspecified atom stereocenters. The second-order valence-corrected chi connectivity index (χ2v) is 1.79. The van der Waals surface area contributed by atoms with Crippen LogP contribution in [0.1, 0.15) is 6.92 Å². The van der Waals surface area contributed by atoms with Crippen molar-refractivity contribution >= 4 is 6.29 Å². The second-order valence-electron chi connectivity index (χ2n) is 1.79. The van der Waals surface area contributed by atoms with Crippen molar-refractivity contribution in [3.63, 3.8) is 0 Å². The van der Waals surface area contributed by atoms with Crippen LogP contribution in [0.3, 0.4) is 0 Å². The molecule has 0 aliphatic heterocycles. The van der Waals surface area contributed by atoms with Crippen molar-refractivity contribution in [1.82, 2.24) is 0 Å². The van der Waals surface area contributed by atoms with Gasteiger partial charge in [-0.3, -0.25) is 4.79 Å². The zero-order valence-corrected chi connectivity index (χ0v) is 6.00. The number of allylic oxidation sites excluding steroid dienone is 4. The molecule has 0 aliphatic carbocycles. The molecule has 0 spiro atoms. The molecule has 0 bridgehead atoms. The average molecular weight is 137 g/mol. The fraction of sp³-hybridized carbons (Fsp3) is 0.125. The van der Waals surface area contributed by atoms with Crippen molar-refractivity contribution in [3.05, 3.63) is 36.1 Å². The Morgan fingerprint density at radius 2 is 2.20 bits per heavy atom. The minimum absolute atomic E-state index is 0.318. The van der Waals surface area contributed by atoms with Crippen LogP contribution in [-0.2, 0) is 4.79 Å². The number of hydrogen-bond donors (Lipinski definition) is 1. The summed E-state index contributed by atoms with van der Waals surface area (Å²) >= 11 is 0. The van der Waals surface area contributed by atoms with Gasteiger partial charge in [0.15, 0.2) is 6.29 Å². The highest BCUT2D eigenvalue weighted by Crippen LogP contribution is 1.95. The van der Waals surface area contributed by atoms with Crippen molar-refractivity contribution in [1.29, 1.82) is 0 Å². The van der Waals surface area contributed by atoms with E-state index in [1.54, 1.807) is 12.2 Å². The van der Waals surface area contributed by atoms with E-state index in [2.05, 4.69) is 6.58 Å². The maximum absolute atomic E-state index is 10.1. The zero-order valence-electron chi connectivity index (χ0n) is 6.00. The molecule has 0 fully saturated rings. The number of carbonyl (C=O) groups excluding carboxylic acids is 1. The number of nitrogens with two attached hydrogens (primary N) is 1. The topological polar surface area (TPSA) is 43.1 Å². The Balaban J connectivity index is 4.18. The molecule has 0 saturated heterocycles. The molecule has 0 atom stereocenters. The van der Waals surface area contributed by atoms with E-state index < -0.39 is 0 Å². The predicted molar refractivity (Wildman–Crippen MR) is 42.3 cm³/mol. The van der Waals surface area contributed by atoms with Gasteiger partial charge in [-0.25, -0.2) is 0 Å². The van der Waals surface area contributed by atoms with Crippen LogP contribution in [0.25, 0.3) is 0 Å². The van der Waals surface area contributed by atoms with Crippen molar-refractivity contribution < 1.29 is 4.79 Å². The molecule has 0 aromatic rings. The molecule has 0 aliphatic rings. The first kappa shape index (κ1) is 8.69. The lowest BCUT2D eigenvalue weighted by Crippen LogP contribution is -1.99. The largest absolute Gasteiger partial charge is 0.398 e. The Bertz CT molecular complexity index is 189. The van der Waals surface area contributed by atoms with E-state index in [4.69, 9.17) is 5.73 Å². The SMILES string of the molecule is C=C(C=O)/C(N)=C\C=C/C.